The zero-order valence-corrected chi connectivity index (χ0v) is 13.9. The van der Waals surface area contributed by atoms with Crippen LogP contribution in [0.2, 0.25) is 0 Å². The van der Waals surface area contributed by atoms with Crippen molar-refractivity contribution < 1.29 is 14.3 Å². The number of nitrogens with zero attached hydrogens (tertiary/aromatic N) is 2. The zero-order valence-electron chi connectivity index (χ0n) is 13.9. The Labute approximate surface area is 132 Å². The molecule has 1 N–H and O–H groups in total. The van der Waals surface area contributed by atoms with Crippen LogP contribution in [0.15, 0.2) is 22.8 Å². The van der Waals surface area contributed by atoms with Gasteiger partial charge in [0.1, 0.15) is 5.76 Å². The molecule has 1 amide bonds. The normalized spacial score (nSPS) is 18.5. The molecule has 1 aromatic rings. The molecule has 2 heterocycles. The number of aliphatic hydroxyl groups is 1. The maximum absolute atomic E-state index is 12.2. The number of aryl methyl sites for hydroxylation is 1. The molecule has 1 fully saturated rings. The molecule has 0 unspecified atom stereocenters. The average molecular weight is 308 g/mol. The molecule has 0 saturated carbocycles. The van der Waals surface area contributed by atoms with Gasteiger partial charge in [-0.15, -0.1) is 0 Å². The molecule has 1 aliphatic rings. The number of hydrogen-bond acceptors (Lipinski definition) is 4. The summed E-state index contributed by atoms with van der Waals surface area (Å²) in [6.07, 6.45) is 2.46. The number of β-amino-alcohol motifs (C(OH)–C–C–N with tert-alkyl or cyclic N) is 1. The van der Waals surface area contributed by atoms with Gasteiger partial charge in [-0.2, -0.15) is 0 Å². The van der Waals surface area contributed by atoms with Crippen molar-refractivity contribution in [2.45, 2.75) is 39.7 Å². The first-order valence-electron chi connectivity index (χ1n) is 8.07. The molecule has 1 aliphatic heterocycles. The van der Waals surface area contributed by atoms with E-state index in [0.717, 1.165) is 31.9 Å². The molecule has 5 nitrogen and oxygen atoms in total. The second kappa shape index (κ2) is 7.29. The largest absolute Gasteiger partial charge is 0.469 e. The summed E-state index contributed by atoms with van der Waals surface area (Å²) < 4.78 is 5.26. The van der Waals surface area contributed by atoms with E-state index in [1.54, 1.807) is 6.26 Å². The number of carbonyl (C=O) groups is 1. The maximum Gasteiger partial charge on any atom is 0.223 e. The third-order valence-electron chi connectivity index (χ3n) is 4.32. The van der Waals surface area contributed by atoms with Gasteiger partial charge in [0.15, 0.2) is 0 Å². The molecular formula is C17H28N2O3. The van der Waals surface area contributed by atoms with Crippen LogP contribution in [0.25, 0.3) is 0 Å². The molecule has 0 radical (unpaired) electrons. The van der Waals surface area contributed by atoms with E-state index in [9.17, 15) is 9.90 Å². The molecule has 0 aliphatic carbocycles. The van der Waals surface area contributed by atoms with Crippen molar-refractivity contribution >= 4 is 5.91 Å². The van der Waals surface area contributed by atoms with Gasteiger partial charge < -0.3 is 14.4 Å². The van der Waals surface area contributed by atoms with Gasteiger partial charge in [-0.1, -0.05) is 20.8 Å². The van der Waals surface area contributed by atoms with Crippen LogP contribution >= 0.6 is 0 Å². The van der Waals surface area contributed by atoms with E-state index >= 15 is 0 Å². The predicted molar refractivity (Wildman–Crippen MR) is 85.5 cm³/mol. The molecule has 0 aromatic carbocycles. The number of aliphatic hydroxyl groups excluding tert-OH is 1. The minimum atomic E-state index is -0.339. The van der Waals surface area contributed by atoms with Crippen LogP contribution in [0, 0.1) is 5.41 Å². The Morgan fingerprint density at radius 2 is 2.00 bits per heavy atom. The van der Waals surface area contributed by atoms with Crippen molar-refractivity contribution in [1.29, 1.82) is 0 Å². The summed E-state index contributed by atoms with van der Waals surface area (Å²) in [4.78, 5) is 16.4. The average Bonchev–Trinajstić information content (AvgIpc) is 2.98. The van der Waals surface area contributed by atoms with Gasteiger partial charge in [-0.25, -0.2) is 0 Å². The summed E-state index contributed by atoms with van der Waals surface area (Å²) in [7, 11) is 0. The summed E-state index contributed by atoms with van der Waals surface area (Å²) in [6.45, 7) is 9.98. The zero-order chi connectivity index (χ0) is 16.2. The first-order valence-corrected chi connectivity index (χ1v) is 8.07. The van der Waals surface area contributed by atoms with E-state index in [1.165, 1.54) is 0 Å². The Morgan fingerprint density at radius 3 is 2.55 bits per heavy atom. The Bertz CT molecular complexity index is 457. The lowest BCUT2D eigenvalue weighted by molar-refractivity contribution is -0.133. The Morgan fingerprint density at radius 1 is 1.32 bits per heavy atom. The summed E-state index contributed by atoms with van der Waals surface area (Å²) in [5.74, 6) is 1.05. The first-order chi connectivity index (χ1) is 10.4. The highest BCUT2D eigenvalue weighted by molar-refractivity contribution is 5.76. The summed E-state index contributed by atoms with van der Waals surface area (Å²) in [5, 5.41) is 10.2. The smallest absolute Gasteiger partial charge is 0.223 e. The molecule has 1 saturated heterocycles. The lowest BCUT2D eigenvalue weighted by atomic mass is 9.89. The number of amides is 1. The topological polar surface area (TPSA) is 56.9 Å². The van der Waals surface area contributed by atoms with Gasteiger partial charge in [0, 0.05) is 45.6 Å². The minimum absolute atomic E-state index is 0.101. The number of furan rings is 1. The second-order valence-corrected chi connectivity index (χ2v) is 7.14. The van der Waals surface area contributed by atoms with E-state index in [2.05, 4.69) is 4.90 Å². The molecule has 22 heavy (non-hydrogen) atoms. The molecule has 124 valence electrons. The van der Waals surface area contributed by atoms with Crippen molar-refractivity contribution in [3.63, 3.8) is 0 Å². The first kappa shape index (κ1) is 17.0. The van der Waals surface area contributed by atoms with Gasteiger partial charge in [0.05, 0.1) is 12.4 Å². The summed E-state index contributed by atoms with van der Waals surface area (Å²) in [5.41, 5.74) is -0.101. The van der Waals surface area contributed by atoms with Crippen LogP contribution < -0.4 is 0 Å². The molecule has 1 aromatic heterocycles. The van der Waals surface area contributed by atoms with Crippen molar-refractivity contribution in [3.05, 3.63) is 24.2 Å². The summed E-state index contributed by atoms with van der Waals surface area (Å²) in [6, 6.07) is 3.75. The van der Waals surface area contributed by atoms with Crippen molar-refractivity contribution in [3.8, 4) is 0 Å². The van der Waals surface area contributed by atoms with Gasteiger partial charge in [-0.3, -0.25) is 9.69 Å². The van der Waals surface area contributed by atoms with Gasteiger partial charge in [0.25, 0.3) is 0 Å². The number of rotatable bonds is 5. The van der Waals surface area contributed by atoms with Crippen LogP contribution in [-0.4, -0.2) is 59.6 Å². The Balaban J connectivity index is 1.71. The van der Waals surface area contributed by atoms with Crippen molar-refractivity contribution in [2.24, 2.45) is 5.41 Å². The Hall–Kier alpha value is -1.33. The van der Waals surface area contributed by atoms with Gasteiger partial charge in [-0.05, 0) is 17.5 Å². The van der Waals surface area contributed by atoms with Gasteiger partial charge in [0.2, 0.25) is 5.91 Å². The SMILES string of the molecule is CC(C)(C)[C@@H](O)CN1CCN(C(=O)CCc2ccco2)CC1. The van der Waals surface area contributed by atoms with E-state index in [-0.39, 0.29) is 17.4 Å². The van der Waals surface area contributed by atoms with E-state index < -0.39 is 0 Å². The van der Waals surface area contributed by atoms with Crippen LogP contribution in [0.3, 0.4) is 0 Å². The number of hydrogen-bond donors (Lipinski definition) is 1. The fourth-order valence-electron chi connectivity index (χ4n) is 2.54. The lowest BCUT2D eigenvalue weighted by Crippen LogP contribution is -2.51. The van der Waals surface area contributed by atoms with Crippen LogP contribution in [-0.2, 0) is 11.2 Å². The molecule has 0 spiro atoms. The van der Waals surface area contributed by atoms with Crippen molar-refractivity contribution in [2.75, 3.05) is 32.7 Å². The highest BCUT2D eigenvalue weighted by Crippen LogP contribution is 2.20. The molecule has 5 heteroatoms. The number of piperazine rings is 1. The molecule has 2 rings (SSSR count). The van der Waals surface area contributed by atoms with Crippen molar-refractivity contribution in [1.82, 2.24) is 9.80 Å². The maximum atomic E-state index is 12.2. The minimum Gasteiger partial charge on any atom is -0.469 e. The lowest BCUT2D eigenvalue weighted by Gasteiger charge is -2.38. The highest BCUT2D eigenvalue weighted by atomic mass is 16.3. The second-order valence-electron chi connectivity index (χ2n) is 7.14. The molecular weight excluding hydrogens is 280 g/mol. The third kappa shape index (κ3) is 4.85. The van der Waals surface area contributed by atoms with Gasteiger partial charge >= 0.3 is 0 Å². The Kier molecular flexibility index (Phi) is 5.64. The van der Waals surface area contributed by atoms with Crippen LogP contribution in [0.4, 0.5) is 0 Å². The third-order valence-corrected chi connectivity index (χ3v) is 4.32. The van der Waals surface area contributed by atoms with Crippen LogP contribution in [0.5, 0.6) is 0 Å². The van der Waals surface area contributed by atoms with Crippen LogP contribution in [0.1, 0.15) is 33.0 Å². The molecule has 0 bridgehead atoms. The fraction of sp³-hybridized carbons (Fsp3) is 0.706. The van der Waals surface area contributed by atoms with E-state index in [1.807, 2.05) is 37.8 Å². The fourth-order valence-corrected chi connectivity index (χ4v) is 2.54. The van der Waals surface area contributed by atoms with E-state index in [0.29, 0.717) is 19.4 Å². The number of carbonyl (C=O) groups excluding carboxylic acids is 1. The molecule has 1 atom stereocenters. The van der Waals surface area contributed by atoms with E-state index in [4.69, 9.17) is 4.42 Å². The predicted octanol–water partition coefficient (Wildman–Crippen LogP) is 1.76. The summed E-state index contributed by atoms with van der Waals surface area (Å²) >= 11 is 0. The standard InChI is InChI=1S/C17H28N2O3/c1-17(2,3)15(20)13-18-8-10-19(11-9-18)16(21)7-6-14-5-4-12-22-14/h4-5,12,15,20H,6-11,13H2,1-3H3/t15-/m0/s1. The highest BCUT2D eigenvalue weighted by Gasteiger charge is 2.27. The quantitative estimate of drug-likeness (QED) is 0.900. The monoisotopic (exact) mass is 308 g/mol.